The number of benzene rings is 1. The Kier molecular flexibility index (Phi) is 6.61. The van der Waals surface area contributed by atoms with E-state index in [-0.39, 0.29) is 11.8 Å². The molecule has 8 nitrogen and oxygen atoms in total. The number of halogens is 1. The highest BCUT2D eigenvalue weighted by atomic mass is 35.5. The van der Waals surface area contributed by atoms with Gasteiger partial charge in [-0.3, -0.25) is 14.5 Å². The molecule has 180 valence electrons. The minimum atomic E-state index is -0.00575. The molecule has 3 aliphatic rings. The van der Waals surface area contributed by atoms with Crippen LogP contribution in [0, 0.1) is 0 Å². The molecule has 2 aromatic rings. The summed E-state index contributed by atoms with van der Waals surface area (Å²) in [5, 5.41) is 3.94. The minimum absolute atomic E-state index is 0.00575. The molecule has 3 fully saturated rings. The van der Waals surface area contributed by atoms with Crippen molar-refractivity contribution in [2.45, 2.75) is 37.6 Å². The molecule has 3 heterocycles. The maximum Gasteiger partial charge on any atom is 0.299 e. The number of piperazine rings is 1. The monoisotopic (exact) mass is 483 g/mol. The Balaban J connectivity index is 1.16. The van der Waals surface area contributed by atoms with Crippen LogP contribution in [-0.4, -0.2) is 76.8 Å². The van der Waals surface area contributed by atoms with E-state index in [4.69, 9.17) is 16.0 Å². The molecule has 5 rings (SSSR count). The Morgan fingerprint density at radius 2 is 1.94 bits per heavy atom. The lowest BCUT2D eigenvalue weighted by Gasteiger charge is -2.47. The van der Waals surface area contributed by atoms with Gasteiger partial charge in [0.25, 0.3) is 6.01 Å². The van der Waals surface area contributed by atoms with Gasteiger partial charge in [-0.25, -0.2) is 4.98 Å². The van der Waals surface area contributed by atoms with Gasteiger partial charge < -0.3 is 19.5 Å². The van der Waals surface area contributed by atoms with Crippen molar-refractivity contribution in [3.8, 4) is 0 Å². The lowest BCUT2D eigenvalue weighted by Crippen LogP contribution is -2.64. The third-order valence-corrected chi connectivity index (χ3v) is 7.38. The summed E-state index contributed by atoms with van der Waals surface area (Å²) >= 11 is 6.55. The second-order valence-electron chi connectivity index (χ2n) is 9.29. The van der Waals surface area contributed by atoms with Crippen molar-refractivity contribution in [3.63, 3.8) is 0 Å². The van der Waals surface area contributed by atoms with Gasteiger partial charge in [0.05, 0.1) is 6.20 Å². The van der Waals surface area contributed by atoms with Gasteiger partial charge in [-0.15, -0.1) is 0 Å². The molecule has 1 aromatic carbocycles. The minimum Gasteiger partial charge on any atom is -0.432 e. The average molecular weight is 484 g/mol. The number of likely N-dealkylation sites (tertiary alicyclic amines) is 1. The quantitative estimate of drug-likeness (QED) is 0.579. The van der Waals surface area contributed by atoms with Gasteiger partial charge in [0, 0.05) is 62.4 Å². The van der Waals surface area contributed by atoms with E-state index in [1.165, 1.54) is 17.9 Å². The van der Waals surface area contributed by atoms with E-state index in [1.807, 2.05) is 11.0 Å². The van der Waals surface area contributed by atoms with Gasteiger partial charge in [0.1, 0.15) is 6.26 Å². The van der Waals surface area contributed by atoms with Crippen LogP contribution in [0.4, 0.5) is 11.7 Å². The van der Waals surface area contributed by atoms with Gasteiger partial charge in [-0.05, 0) is 48.4 Å². The Bertz CT molecular complexity index is 1050. The maximum atomic E-state index is 13.0. The van der Waals surface area contributed by atoms with E-state index in [1.54, 1.807) is 11.1 Å². The first kappa shape index (κ1) is 22.9. The molecule has 2 aliphatic heterocycles. The highest BCUT2D eigenvalue weighted by molar-refractivity contribution is 6.31. The van der Waals surface area contributed by atoms with Gasteiger partial charge in [0.15, 0.2) is 0 Å². The summed E-state index contributed by atoms with van der Waals surface area (Å²) in [7, 11) is 0. The van der Waals surface area contributed by atoms with Crippen LogP contribution in [0.25, 0.3) is 0 Å². The van der Waals surface area contributed by atoms with E-state index < -0.39 is 0 Å². The molecule has 0 radical (unpaired) electrons. The average Bonchev–Trinajstić information content (AvgIpc) is 3.53. The summed E-state index contributed by atoms with van der Waals surface area (Å²) in [6, 6.07) is 4.86. The van der Waals surface area contributed by atoms with Crippen LogP contribution in [0.15, 0.2) is 41.7 Å². The first-order valence-electron chi connectivity index (χ1n) is 11.9. The summed E-state index contributed by atoms with van der Waals surface area (Å²) in [6.45, 7) is 8.18. The van der Waals surface area contributed by atoms with Crippen LogP contribution < -0.4 is 5.32 Å². The molecule has 2 saturated heterocycles. The zero-order valence-corrected chi connectivity index (χ0v) is 20.0. The van der Waals surface area contributed by atoms with Gasteiger partial charge in [0.2, 0.25) is 11.8 Å². The highest BCUT2D eigenvalue weighted by Gasteiger charge is 2.35. The molecular weight excluding hydrogens is 454 g/mol. The van der Waals surface area contributed by atoms with E-state index in [9.17, 15) is 9.59 Å². The predicted octanol–water partition coefficient (Wildman–Crippen LogP) is 3.42. The van der Waals surface area contributed by atoms with Gasteiger partial charge >= 0.3 is 0 Å². The fourth-order valence-electron chi connectivity index (χ4n) is 4.80. The molecule has 1 saturated carbocycles. The molecule has 9 heteroatoms. The van der Waals surface area contributed by atoms with Crippen LogP contribution in [0.5, 0.6) is 0 Å². The number of rotatable bonds is 8. The summed E-state index contributed by atoms with van der Waals surface area (Å²) < 4.78 is 5.34. The number of aryl methyl sites for hydroxylation is 1. The van der Waals surface area contributed by atoms with E-state index in [0.29, 0.717) is 30.8 Å². The van der Waals surface area contributed by atoms with E-state index in [2.05, 4.69) is 27.8 Å². The van der Waals surface area contributed by atoms with Crippen molar-refractivity contribution in [1.82, 2.24) is 19.7 Å². The fraction of sp³-hybridized carbons (Fsp3) is 0.480. The summed E-state index contributed by atoms with van der Waals surface area (Å²) in [5.41, 5.74) is 3.05. The van der Waals surface area contributed by atoms with E-state index >= 15 is 0 Å². The second kappa shape index (κ2) is 9.80. The van der Waals surface area contributed by atoms with Gasteiger partial charge in [-0.1, -0.05) is 24.2 Å². The number of amides is 2. The van der Waals surface area contributed by atoms with Crippen LogP contribution in [0.1, 0.15) is 36.3 Å². The number of carbonyl (C=O) groups is 2. The lowest BCUT2D eigenvalue weighted by molar-refractivity contribution is -0.136. The lowest BCUT2D eigenvalue weighted by atomic mass is 10.0. The number of hydrogen-bond acceptors (Lipinski definition) is 6. The molecule has 0 unspecified atom stereocenters. The Hall–Kier alpha value is -2.84. The third-order valence-electron chi connectivity index (χ3n) is 7.05. The largest absolute Gasteiger partial charge is 0.432 e. The highest BCUT2D eigenvalue weighted by Crippen LogP contribution is 2.45. The molecule has 1 aromatic heterocycles. The maximum absolute atomic E-state index is 13.0. The number of aromatic nitrogens is 1. The topological polar surface area (TPSA) is 81.9 Å². The predicted molar refractivity (Wildman–Crippen MR) is 130 cm³/mol. The van der Waals surface area contributed by atoms with Crippen molar-refractivity contribution in [3.05, 3.63) is 53.4 Å². The molecule has 0 bridgehead atoms. The van der Waals surface area contributed by atoms with Crippen molar-refractivity contribution < 1.29 is 14.0 Å². The molecule has 2 amide bonds. The van der Waals surface area contributed by atoms with Crippen molar-refractivity contribution >= 4 is 35.1 Å². The molecule has 1 aliphatic carbocycles. The number of carbonyl (C=O) groups excluding carboxylic acids is 2. The zero-order valence-electron chi connectivity index (χ0n) is 19.2. The Morgan fingerprint density at radius 3 is 2.59 bits per heavy atom. The number of nitrogens with one attached hydrogen (secondary N) is 1. The van der Waals surface area contributed by atoms with Gasteiger partial charge in [-0.2, -0.15) is 0 Å². The number of anilines is 2. The first-order valence-corrected chi connectivity index (χ1v) is 12.3. The molecule has 34 heavy (non-hydrogen) atoms. The van der Waals surface area contributed by atoms with Crippen molar-refractivity contribution in [2.75, 3.05) is 44.6 Å². The molecule has 1 N–H and O–H groups in total. The smallest absolute Gasteiger partial charge is 0.299 e. The van der Waals surface area contributed by atoms with Crippen LogP contribution >= 0.6 is 11.6 Å². The van der Waals surface area contributed by atoms with Crippen LogP contribution in [0.2, 0.25) is 5.02 Å². The Labute approximate surface area is 204 Å². The standard InChI is InChI=1S/C25H30ClN5O3/c1-2-23(32)31-15-19(16-31)29-8-10-30(11-9-29)24(33)6-5-18-13-20(17-3-4-17)21(26)14-22(18)28-25-27-7-12-34-25/h2,7,12-14,17,19H,1,3-6,8-11,15-16H2,(H,27,28). The third kappa shape index (κ3) is 4.98. The summed E-state index contributed by atoms with van der Waals surface area (Å²) in [4.78, 5) is 35.0. The SMILES string of the molecule is C=CC(=O)N1CC(N2CCN(C(=O)CCc3cc(C4CC4)c(Cl)cc3Nc3ncco3)CC2)C1. The summed E-state index contributed by atoms with van der Waals surface area (Å²) in [5.74, 6) is 0.686. The Morgan fingerprint density at radius 1 is 1.18 bits per heavy atom. The van der Waals surface area contributed by atoms with E-state index in [0.717, 1.165) is 68.4 Å². The zero-order chi connectivity index (χ0) is 23.7. The number of hydrogen-bond donors (Lipinski definition) is 1. The van der Waals surface area contributed by atoms with Crippen molar-refractivity contribution in [1.29, 1.82) is 0 Å². The fourth-order valence-corrected chi connectivity index (χ4v) is 5.12. The first-order chi connectivity index (χ1) is 16.5. The van der Waals surface area contributed by atoms with Crippen LogP contribution in [-0.2, 0) is 16.0 Å². The molecule has 0 spiro atoms. The number of oxazole rings is 1. The summed E-state index contributed by atoms with van der Waals surface area (Å²) in [6.07, 6.45) is 7.86. The second-order valence-corrected chi connectivity index (χ2v) is 9.69. The molecular formula is C25H30ClN5O3. The number of nitrogens with zero attached hydrogens (tertiary/aromatic N) is 4. The van der Waals surface area contributed by atoms with Crippen LogP contribution in [0.3, 0.4) is 0 Å². The molecule has 0 atom stereocenters. The van der Waals surface area contributed by atoms with Crippen molar-refractivity contribution in [2.24, 2.45) is 0 Å². The normalized spacial score (nSPS) is 19.1.